The van der Waals surface area contributed by atoms with Crippen LogP contribution in [0.5, 0.6) is 5.75 Å². The van der Waals surface area contributed by atoms with Crippen LogP contribution in [0.25, 0.3) is 6.08 Å². The number of anilines is 1. The number of esters is 1. The van der Waals surface area contributed by atoms with Crippen LogP contribution in [0.3, 0.4) is 0 Å². The highest BCUT2D eigenvalue weighted by molar-refractivity contribution is 6.16. The van der Waals surface area contributed by atoms with Crippen molar-refractivity contribution in [1.82, 2.24) is 4.90 Å². The summed E-state index contributed by atoms with van der Waals surface area (Å²) < 4.78 is 5.18. The third kappa shape index (κ3) is 3.96. The quantitative estimate of drug-likeness (QED) is 0.183. The van der Waals surface area contributed by atoms with Gasteiger partial charge in [0.25, 0.3) is 0 Å². The molecule has 0 saturated carbocycles. The summed E-state index contributed by atoms with van der Waals surface area (Å²) in [5.41, 5.74) is 3.53. The van der Waals surface area contributed by atoms with E-state index in [0.717, 1.165) is 16.7 Å². The van der Waals surface area contributed by atoms with Crippen LogP contribution in [0.4, 0.5) is 5.69 Å². The Morgan fingerprint density at radius 3 is 2.21 bits per heavy atom. The maximum atomic E-state index is 14.8. The van der Waals surface area contributed by atoms with Crippen molar-refractivity contribution in [2.75, 3.05) is 5.32 Å². The highest BCUT2D eigenvalue weighted by Crippen LogP contribution is 2.62. The van der Waals surface area contributed by atoms with Gasteiger partial charge in [-0.2, -0.15) is 0 Å². The Labute approximate surface area is 248 Å². The van der Waals surface area contributed by atoms with E-state index < -0.39 is 29.4 Å². The first-order valence-electron chi connectivity index (χ1n) is 14.2. The number of nitrogens with one attached hydrogen (secondary N) is 1. The minimum absolute atomic E-state index is 0.276. The largest absolute Gasteiger partial charge is 0.427 e. The standard InChI is InChI=1S/C36H28N2O5/c1-21-11-13-24(14-12-21)32(40)30-31(33(41)25-15-17-26(18-16-25)43-22(2)39)38-20-19-23-7-3-4-8-27(23)34(38)36(30)28-9-5-6-10-29(28)37-35(36)42/h3-20,30-31,34H,1-2H3,(H,37,42)/t30-,31+,34+,36+/m1/s1. The zero-order chi connectivity index (χ0) is 29.9. The zero-order valence-electron chi connectivity index (χ0n) is 23.6. The molecule has 1 N–H and O–H groups in total. The Morgan fingerprint density at radius 1 is 0.814 bits per heavy atom. The molecule has 0 aromatic heterocycles. The summed E-state index contributed by atoms with van der Waals surface area (Å²) in [5.74, 6) is -2.09. The predicted octanol–water partition coefficient (Wildman–Crippen LogP) is 5.90. The van der Waals surface area contributed by atoms with E-state index in [4.69, 9.17) is 4.74 Å². The van der Waals surface area contributed by atoms with Crippen LogP contribution in [0, 0.1) is 12.8 Å². The predicted molar refractivity (Wildman–Crippen MR) is 162 cm³/mol. The Hall–Kier alpha value is -5.30. The summed E-state index contributed by atoms with van der Waals surface area (Å²) in [6.45, 7) is 3.25. The molecule has 1 amide bonds. The number of Topliss-reactive ketones (excluding diaryl/α,β-unsaturated/α-hetero) is 2. The number of carbonyl (C=O) groups excluding carboxylic acids is 4. The van der Waals surface area contributed by atoms with Gasteiger partial charge in [0.05, 0.1) is 12.0 Å². The number of nitrogens with zero attached hydrogens (tertiary/aromatic N) is 1. The number of rotatable bonds is 5. The van der Waals surface area contributed by atoms with Crippen molar-refractivity contribution < 1.29 is 23.9 Å². The van der Waals surface area contributed by atoms with Crippen LogP contribution in [0.15, 0.2) is 103 Å². The van der Waals surface area contributed by atoms with Gasteiger partial charge in [-0.05, 0) is 60.0 Å². The topological polar surface area (TPSA) is 92.8 Å². The monoisotopic (exact) mass is 568 g/mol. The molecule has 7 rings (SSSR count). The Morgan fingerprint density at radius 2 is 1.47 bits per heavy atom. The Kier molecular flexibility index (Phi) is 6.13. The average molecular weight is 569 g/mol. The van der Waals surface area contributed by atoms with E-state index in [1.165, 1.54) is 6.92 Å². The molecule has 4 atom stereocenters. The van der Waals surface area contributed by atoms with Crippen LogP contribution in [0.2, 0.25) is 0 Å². The van der Waals surface area contributed by atoms with Gasteiger partial charge in [-0.3, -0.25) is 19.2 Å². The maximum absolute atomic E-state index is 14.8. The third-order valence-corrected chi connectivity index (χ3v) is 8.86. The molecule has 0 unspecified atom stereocenters. The van der Waals surface area contributed by atoms with Crippen molar-refractivity contribution in [1.29, 1.82) is 0 Å². The number of ether oxygens (including phenoxy) is 1. The number of ketones is 2. The lowest BCUT2D eigenvalue weighted by molar-refractivity contribution is -0.131. The summed E-state index contributed by atoms with van der Waals surface area (Å²) in [7, 11) is 0. The third-order valence-electron chi connectivity index (χ3n) is 8.86. The minimum atomic E-state index is -1.39. The summed E-state index contributed by atoms with van der Waals surface area (Å²) >= 11 is 0. The number of benzene rings is 4. The number of carbonyl (C=O) groups is 4. The first-order chi connectivity index (χ1) is 20.8. The lowest BCUT2D eigenvalue weighted by atomic mass is 9.62. The van der Waals surface area contributed by atoms with Gasteiger partial charge in [0, 0.05) is 29.9 Å². The number of fused-ring (bicyclic) bond motifs is 6. The first-order valence-corrected chi connectivity index (χ1v) is 14.2. The molecule has 43 heavy (non-hydrogen) atoms. The fourth-order valence-corrected chi connectivity index (χ4v) is 7.09. The number of aryl methyl sites for hydroxylation is 1. The lowest BCUT2D eigenvalue weighted by Crippen LogP contribution is -2.49. The zero-order valence-corrected chi connectivity index (χ0v) is 23.6. The van der Waals surface area contributed by atoms with E-state index >= 15 is 0 Å². The van der Waals surface area contributed by atoms with E-state index in [9.17, 15) is 19.2 Å². The van der Waals surface area contributed by atoms with Crippen molar-refractivity contribution >= 4 is 35.2 Å². The summed E-state index contributed by atoms with van der Waals surface area (Å²) in [4.78, 5) is 57.3. The summed E-state index contributed by atoms with van der Waals surface area (Å²) in [6.07, 6.45) is 3.78. The molecule has 3 aliphatic heterocycles. The van der Waals surface area contributed by atoms with Crippen molar-refractivity contribution in [3.63, 3.8) is 0 Å². The lowest BCUT2D eigenvalue weighted by Gasteiger charge is -2.38. The van der Waals surface area contributed by atoms with E-state index in [1.807, 2.05) is 84.8 Å². The van der Waals surface area contributed by atoms with Gasteiger partial charge in [0.15, 0.2) is 11.6 Å². The fraction of sp³-hybridized carbons (Fsp3) is 0.167. The number of amides is 1. The molecule has 0 radical (unpaired) electrons. The van der Waals surface area contributed by atoms with Crippen molar-refractivity contribution in [2.24, 2.45) is 5.92 Å². The van der Waals surface area contributed by atoms with Gasteiger partial charge >= 0.3 is 5.97 Å². The first kappa shape index (κ1) is 26.6. The van der Waals surface area contributed by atoms with E-state index in [1.54, 1.807) is 36.4 Å². The Balaban J connectivity index is 1.48. The molecule has 1 spiro atoms. The highest BCUT2D eigenvalue weighted by atomic mass is 16.5. The van der Waals surface area contributed by atoms with Crippen molar-refractivity contribution in [3.05, 3.63) is 137 Å². The van der Waals surface area contributed by atoms with Crippen LogP contribution in [-0.2, 0) is 15.0 Å². The van der Waals surface area contributed by atoms with Gasteiger partial charge in [0.2, 0.25) is 5.91 Å². The molecule has 212 valence electrons. The highest BCUT2D eigenvalue weighted by Gasteiger charge is 2.70. The second-order valence-electron chi connectivity index (χ2n) is 11.3. The molecule has 4 aromatic carbocycles. The van der Waals surface area contributed by atoms with Crippen LogP contribution in [0.1, 0.15) is 55.9 Å². The molecule has 7 heteroatoms. The van der Waals surface area contributed by atoms with E-state index in [0.29, 0.717) is 28.1 Å². The van der Waals surface area contributed by atoms with Gasteiger partial charge in [-0.25, -0.2) is 0 Å². The van der Waals surface area contributed by atoms with Crippen molar-refractivity contribution in [3.8, 4) is 5.75 Å². The summed E-state index contributed by atoms with van der Waals surface area (Å²) in [5, 5.41) is 3.06. The van der Waals surface area contributed by atoms with Crippen LogP contribution < -0.4 is 10.1 Å². The van der Waals surface area contributed by atoms with Gasteiger partial charge in [0.1, 0.15) is 17.2 Å². The molecule has 1 saturated heterocycles. The maximum Gasteiger partial charge on any atom is 0.308 e. The average Bonchev–Trinajstić information content (AvgIpc) is 3.49. The molecule has 7 nitrogen and oxygen atoms in total. The van der Waals surface area contributed by atoms with Crippen LogP contribution in [-0.4, -0.2) is 34.4 Å². The molecule has 0 bridgehead atoms. The van der Waals surface area contributed by atoms with Gasteiger partial charge in [-0.15, -0.1) is 0 Å². The molecule has 4 aromatic rings. The molecule has 3 heterocycles. The second kappa shape index (κ2) is 9.91. The fourth-order valence-electron chi connectivity index (χ4n) is 7.09. The van der Waals surface area contributed by atoms with Gasteiger partial charge in [-0.1, -0.05) is 72.3 Å². The normalized spacial score (nSPS) is 22.9. The summed E-state index contributed by atoms with van der Waals surface area (Å²) in [6, 6.07) is 27.2. The SMILES string of the molecule is CC(=O)Oc1ccc(C(=O)[C@@H]2[C@H](C(=O)c3ccc(C)cc3)[C@]3(C(=O)Nc4ccccc43)[C@@H]3c4ccccc4C=CN23)cc1. The van der Waals surface area contributed by atoms with Gasteiger partial charge < -0.3 is 15.0 Å². The second-order valence-corrected chi connectivity index (χ2v) is 11.3. The van der Waals surface area contributed by atoms with E-state index in [2.05, 4.69) is 5.32 Å². The minimum Gasteiger partial charge on any atom is -0.427 e. The molecule has 1 fully saturated rings. The number of hydrogen-bond acceptors (Lipinski definition) is 6. The molecule has 0 aliphatic carbocycles. The Bertz CT molecular complexity index is 1840. The molecular weight excluding hydrogens is 540 g/mol. The molecular formula is C36H28N2O5. The molecule has 3 aliphatic rings. The van der Waals surface area contributed by atoms with Crippen LogP contribution >= 0.6 is 0 Å². The van der Waals surface area contributed by atoms with E-state index in [-0.39, 0.29) is 17.5 Å². The smallest absolute Gasteiger partial charge is 0.308 e. The number of para-hydroxylation sites is 1. The van der Waals surface area contributed by atoms with Crippen molar-refractivity contribution in [2.45, 2.75) is 31.3 Å². The number of hydrogen-bond donors (Lipinski definition) is 1.